The average molecular weight is 527 g/mol. The number of benzene rings is 1. The van der Waals surface area contributed by atoms with Crippen LogP contribution in [-0.2, 0) is 24.2 Å². The molecule has 0 spiro atoms. The molecule has 1 unspecified atom stereocenters. The lowest BCUT2D eigenvalue weighted by Gasteiger charge is -2.41. The van der Waals surface area contributed by atoms with Gasteiger partial charge in [0, 0.05) is 69.1 Å². The van der Waals surface area contributed by atoms with E-state index >= 15 is 0 Å². The summed E-state index contributed by atoms with van der Waals surface area (Å²) in [7, 11) is 0. The third-order valence-electron chi connectivity index (χ3n) is 8.03. The lowest BCUT2D eigenvalue weighted by molar-refractivity contribution is -0.127. The Morgan fingerprint density at radius 1 is 1.18 bits per heavy atom. The van der Waals surface area contributed by atoms with Gasteiger partial charge < -0.3 is 15.5 Å². The first-order chi connectivity index (χ1) is 19.0. The third kappa shape index (κ3) is 7.03. The van der Waals surface area contributed by atoms with E-state index < -0.39 is 24.2 Å². The molecular weight excluding hydrogens is 488 g/mol. The van der Waals surface area contributed by atoms with Gasteiger partial charge >= 0.3 is 0 Å². The number of hydrogen-bond donors (Lipinski definition) is 3. The van der Waals surface area contributed by atoms with Crippen LogP contribution in [0.5, 0.6) is 0 Å². The summed E-state index contributed by atoms with van der Waals surface area (Å²) in [4.78, 5) is 22.5. The van der Waals surface area contributed by atoms with E-state index in [4.69, 9.17) is 0 Å². The molecular formula is C32H38N4O3. The van der Waals surface area contributed by atoms with Gasteiger partial charge in [0.1, 0.15) is 0 Å². The second-order valence-corrected chi connectivity index (χ2v) is 11.0. The van der Waals surface area contributed by atoms with Gasteiger partial charge in [0.05, 0.1) is 18.2 Å². The lowest BCUT2D eigenvalue weighted by atomic mass is 9.92. The number of pyridine rings is 1. The van der Waals surface area contributed by atoms with Crippen molar-refractivity contribution < 1.29 is 15.0 Å². The van der Waals surface area contributed by atoms with Crippen molar-refractivity contribution in [3.05, 3.63) is 101 Å². The van der Waals surface area contributed by atoms with Crippen molar-refractivity contribution in [3.8, 4) is 0 Å². The largest absolute Gasteiger partial charge is 0.392 e. The topological polar surface area (TPSA) is 88.9 Å². The number of aromatic nitrogens is 1. The normalized spacial score (nSPS) is 23.0. The Morgan fingerprint density at radius 3 is 2.82 bits per heavy atom. The van der Waals surface area contributed by atoms with Gasteiger partial charge in [-0.25, -0.2) is 0 Å². The summed E-state index contributed by atoms with van der Waals surface area (Å²) in [6.07, 6.45) is 3.72. The van der Waals surface area contributed by atoms with Crippen LogP contribution in [0.3, 0.4) is 0 Å². The Hall–Kier alpha value is -3.28. The fourth-order valence-electron chi connectivity index (χ4n) is 5.98. The van der Waals surface area contributed by atoms with Crippen molar-refractivity contribution in [2.24, 2.45) is 5.92 Å². The minimum Gasteiger partial charge on any atom is -0.392 e. The van der Waals surface area contributed by atoms with Gasteiger partial charge in [-0.2, -0.15) is 0 Å². The van der Waals surface area contributed by atoms with E-state index in [2.05, 4.69) is 45.2 Å². The van der Waals surface area contributed by atoms with Crippen LogP contribution in [0.25, 0.3) is 0 Å². The predicted molar refractivity (Wildman–Crippen MR) is 150 cm³/mol. The standard InChI is InChI=1S/C32H38N4O3/c1-23-20-35(21-25-10-7-13-33-19-25)14-15-36(23)22-28(37)17-27(16-24-8-3-2-4-9-24)32(39)34-31-29-12-6-5-11-26(29)18-30(31)38/h2-3,5-8,10-13,19,23,27-28,30-31,37-38H,14-18,20-22H2,1H3,(H,34,39)/t23-,27-,28+,30-,31?/m1/s1. The zero-order chi connectivity index (χ0) is 27.2. The summed E-state index contributed by atoms with van der Waals surface area (Å²) in [6.45, 7) is 6.29. The molecule has 3 N–H and O–H groups in total. The van der Waals surface area contributed by atoms with Crippen LogP contribution < -0.4 is 5.32 Å². The van der Waals surface area contributed by atoms with E-state index in [-0.39, 0.29) is 5.91 Å². The summed E-state index contributed by atoms with van der Waals surface area (Å²) >= 11 is 0. The zero-order valence-corrected chi connectivity index (χ0v) is 22.5. The maximum absolute atomic E-state index is 13.6. The Labute approximate surface area is 231 Å². The van der Waals surface area contributed by atoms with Gasteiger partial charge in [0.2, 0.25) is 5.91 Å². The minimum absolute atomic E-state index is 0.151. The fraction of sp³-hybridized carbons (Fsp3) is 0.438. The van der Waals surface area contributed by atoms with Crippen LogP contribution in [0.4, 0.5) is 0 Å². The average Bonchev–Trinajstić information content (AvgIpc) is 3.25. The Kier molecular flexibility index (Phi) is 8.90. The van der Waals surface area contributed by atoms with Gasteiger partial charge in [0.25, 0.3) is 0 Å². The maximum Gasteiger partial charge on any atom is 0.224 e. The van der Waals surface area contributed by atoms with Gasteiger partial charge in [-0.05, 0) is 54.7 Å². The first-order valence-corrected chi connectivity index (χ1v) is 13.9. The molecule has 204 valence electrons. The van der Waals surface area contributed by atoms with Crippen molar-refractivity contribution in [2.45, 2.75) is 57.0 Å². The second-order valence-electron chi connectivity index (χ2n) is 11.0. The van der Waals surface area contributed by atoms with E-state index in [0.717, 1.165) is 42.9 Å². The van der Waals surface area contributed by atoms with Crippen molar-refractivity contribution in [3.63, 3.8) is 0 Å². The number of β-amino-alcohol motifs (C(OH)–C–C–N with tert-alkyl or cyclic N) is 1. The number of carbonyl (C=O) groups is 1. The number of nitrogens with one attached hydrogen (secondary N) is 1. The van der Waals surface area contributed by atoms with Gasteiger partial charge in [-0.3, -0.25) is 19.6 Å². The summed E-state index contributed by atoms with van der Waals surface area (Å²) in [5.74, 6) is -0.601. The Morgan fingerprint density at radius 2 is 2.05 bits per heavy atom. The van der Waals surface area contributed by atoms with Crippen LogP contribution in [-0.4, -0.2) is 75.3 Å². The summed E-state index contributed by atoms with van der Waals surface area (Å²) in [5.41, 5.74) is 4.12. The number of hydrogen-bond acceptors (Lipinski definition) is 6. The highest BCUT2D eigenvalue weighted by atomic mass is 16.3. The first-order valence-electron chi connectivity index (χ1n) is 13.9. The molecule has 2 aromatic carbocycles. The summed E-state index contributed by atoms with van der Waals surface area (Å²) in [6, 6.07) is 23.5. The molecule has 2 aliphatic rings. The van der Waals surface area contributed by atoms with Gasteiger partial charge in [0.15, 0.2) is 0 Å². The quantitative estimate of drug-likeness (QED) is 0.376. The van der Waals surface area contributed by atoms with Crippen molar-refractivity contribution in [1.29, 1.82) is 0 Å². The predicted octanol–water partition coefficient (Wildman–Crippen LogP) is 2.57. The number of carbonyl (C=O) groups excluding carboxylic acids is 1. The molecule has 0 radical (unpaired) electrons. The molecule has 39 heavy (non-hydrogen) atoms. The Balaban J connectivity index is 1.20. The molecule has 5 atom stereocenters. The van der Waals surface area contributed by atoms with Crippen molar-refractivity contribution >= 4 is 5.91 Å². The fourth-order valence-corrected chi connectivity index (χ4v) is 5.98. The molecule has 1 aromatic heterocycles. The highest BCUT2D eigenvalue weighted by molar-refractivity contribution is 5.79. The molecule has 1 saturated heterocycles. The second kappa shape index (κ2) is 12.7. The number of rotatable bonds is 10. The van der Waals surface area contributed by atoms with Gasteiger partial charge in [-0.15, -0.1) is 0 Å². The van der Waals surface area contributed by atoms with Crippen LogP contribution in [0.1, 0.15) is 41.6 Å². The van der Waals surface area contributed by atoms with Crippen LogP contribution >= 0.6 is 0 Å². The molecule has 0 saturated carbocycles. The summed E-state index contributed by atoms with van der Waals surface area (Å²) < 4.78 is 0. The number of aliphatic hydroxyl groups is 2. The first kappa shape index (κ1) is 27.3. The molecule has 1 aliphatic carbocycles. The van der Waals surface area contributed by atoms with E-state index in [1.165, 1.54) is 5.56 Å². The molecule has 1 aliphatic heterocycles. The Bertz CT molecular complexity index is 1210. The molecule has 0 bridgehead atoms. The van der Waals surface area contributed by atoms with Crippen LogP contribution in [0.2, 0.25) is 0 Å². The maximum atomic E-state index is 13.6. The number of nitrogens with zero attached hydrogens (tertiary/aromatic N) is 3. The minimum atomic E-state index is -0.655. The highest BCUT2D eigenvalue weighted by Crippen LogP contribution is 2.32. The smallest absolute Gasteiger partial charge is 0.224 e. The lowest BCUT2D eigenvalue weighted by Crippen LogP contribution is -2.53. The van der Waals surface area contributed by atoms with Crippen molar-refractivity contribution in [1.82, 2.24) is 20.1 Å². The number of amides is 1. The monoisotopic (exact) mass is 526 g/mol. The number of fused-ring (bicyclic) bond motifs is 1. The zero-order valence-electron chi connectivity index (χ0n) is 22.5. The van der Waals surface area contributed by atoms with Gasteiger partial charge in [-0.1, -0.05) is 48.5 Å². The van der Waals surface area contributed by atoms with Crippen LogP contribution in [0, 0.1) is 18.1 Å². The van der Waals surface area contributed by atoms with Crippen LogP contribution in [0.15, 0.2) is 67.0 Å². The number of piperazine rings is 1. The van der Waals surface area contributed by atoms with Crippen molar-refractivity contribution in [2.75, 3.05) is 26.2 Å². The van der Waals surface area contributed by atoms with E-state index in [1.54, 1.807) is 12.3 Å². The third-order valence-corrected chi connectivity index (χ3v) is 8.03. The molecule has 1 amide bonds. The summed E-state index contributed by atoms with van der Waals surface area (Å²) in [5, 5.41) is 25.0. The molecule has 1 fully saturated rings. The molecule has 5 rings (SSSR count). The van der Waals surface area contributed by atoms with E-state index in [1.807, 2.05) is 48.7 Å². The number of aliphatic hydroxyl groups excluding tert-OH is 2. The molecule has 7 nitrogen and oxygen atoms in total. The molecule has 7 heteroatoms. The SMILES string of the molecule is C[C@@H]1CN(Cc2cccnc2)CCN1C[C@@H](O)C[C@@H](Cc1c#cccc1)C(=O)NC1c2ccccc2C[C@H]1O. The van der Waals surface area contributed by atoms with E-state index in [9.17, 15) is 15.0 Å². The molecule has 3 aromatic rings. The molecule has 2 heterocycles. The highest BCUT2D eigenvalue weighted by Gasteiger charge is 2.34. The van der Waals surface area contributed by atoms with E-state index in [0.29, 0.717) is 31.8 Å².